The van der Waals surface area contributed by atoms with Crippen molar-refractivity contribution in [3.63, 3.8) is 0 Å². The summed E-state index contributed by atoms with van der Waals surface area (Å²) in [6.07, 6.45) is 2.08. The van der Waals surface area contributed by atoms with Crippen molar-refractivity contribution in [2.75, 3.05) is 0 Å². The van der Waals surface area contributed by atoms with Crippen LogP contribution >= 0.6 is 0 Å². The van der Waals surface area contributed by atoms with Gasteiger partial charge in [0.2, 0.25) is 0 Å². The number of hydrogen-bond acceptors (Lipinski definition) is 0. The van der Waals surface area contributed by atoms with Crippen LogP contribution in [0.3, 0.4) is 0 Å². The van der Waals surface area contributed by atoms with Crippen molar-refractivity contribution >= 4 is 22.1 Å². The van der Waals surface area contributed by atoms with Gasteiger partial charge in [-0.1, -0.05) is 0 Å². The SMILES string of the molecule is CC[C]1([Ge]([c]2ccccc2)([c]2ccccc2)[C]2(CC)c3ccccc3-c3ccccc32)c2ccccc2-c2ccccc21. The zero-order chi connectivity index (χ0) is 29.1. The van der Waals surface area contributed by atoms with Gasteiger partial charge >= 0.3 is 259 Å². The molecule has 0 saturated heterocycles. The maximum absolute atomic E-state index is 3.86. The van der Waals surface area contributed by atoms with E-state index in [1.807, 2.05) is 0 Å². The Hall–Kier alpha value is -4.14. The van der Waals surface area contributed by atoms with Gasteiger partial charge < -0.3 is 0 Å². The van der Waals surface area contributed by atoms with E-state index in [2.05, 4.69) is 172 Å². The molecule has 0 nitrogen and oxygen atoms in total. The Morgan fingerprint density at radius 3 is 0.884 bits per heavy atom. The fraction of sp³-hybridized carbons (Fsp3) is 0.143. The van der Waals surface area contributed by atoms with Crippen molar-refractivity contribution in [1.82, 2.24) is 0 Å². The fourth-order valence-electron chi connectivity index (χ4n) is 9.64. The zero-order valence-electron chi connectivity index (χ0n) is 24.9. The molecule has 0 amide bonds. The summed E-state index contributed by atoms with van der Waals surface area (Å²) in [5.41, 5.74) is 11.7. The molecule has 0 fully saturated rings. The summed E-state index contributed by atoms with van der Waals surface area (Å²) in [5, 5.41) is 0. The van der Waals surface area contributed by atoms with Gasteiger partial charge in [0.15, 0.2) is 0 Å². The Balaban J connectivity index is 1.69. The molecule has 43 heavy (non-hydrogen) atoms. The molecule has 0 aliphatic heterocycles. The maximum atomic E-state index is 2.49. The summed E-state index contributed by atoms with van der Waals surface area (Å²) < 4.78 is 2.76. The van der Waals surface area contributed by atoms with Crippen molar-refractivity contribution in [3.8, 4) is 22.3 Å². The van der Waals surface area contributed by atoms with Gasteiger partial charge in [0.05, 0.1) is 0 Å². The van der Waals surface area contributed by atoms with E-state index >= 15 is 0 Å². The van der Waals surface area contributed by atoms with Gasteiger partial charge in [-0.05, 0) is 0 Å². The molecule has 1 heteroatoms. The zero-order valence-corrected chi connectivity index (χ0v) is 27.0. The molecule has 6 aromatic carbocycles. The average Bonchev–Trinajstić information content (AvgIpc) is 3.55. The molecule has 0 heterocycles. The summed E-state index contributed by atoms with van der Waals surface area (Å²) in [6.45, 7) is 4.95. The van der Waals surface area contributed by atoms with Gasteiger partial charge in [0.25, 0.3) is 0 Å². The summed E-state index contributed by atoms with van der Waals surface area (Å²) in [7, 11) is 0. The van der Waals surface area contributed by atoms with Crippen LogP contribution in [0.25, 0.3) is 22.3 Å². The first kappa shape index (κ1) is 26.5. The van der Waals surface area contributed by atoms with Crippen LogP contribution in [0.2, 0.25) is 0 Å². The molecule has 2 aliphatic rings. The molecular weight excluding hydrogens is 577 g/mol. The molecule has 8 rings (SSSR count). The topological polar surface area (TPSA) is 0 Å². The second-order valence-corrected chi connectivity index (χ2v) is 21.3. The molecule has 0 unspecified atom stereocenters. The Morgan fingerprint density at radius 1 is 0.349 bits per heavy atom. The molecule has 0 N–H and O–H groups in total. The van der Waals surface area contributed by atoms with Crippen LogP contribution in [0.15, 0.2) is 158 Å². The molecule has 0 radical (unpaired) electrons. The van der Waals surface area contributed by atoms with Crippen molar-refractivity contribution in [1.29, 1.82) is 0 Å². The molecule has 6 aromatic rings. The number of hydrogen-bond donors (Lipinski definition) is 0. The van der Waals surface area contributed by atoms with Crippen LogP contribution in [0, 0.1) is 0 Å². The Bertz CT molecular complexity index is 1720. The average molecular weight is 613 g/mol. The summed E-state index contributed by atoms with van der Waals surface area (Å²) in [4.78, 5) is 0. The van der Waals surface area contributed by atoms with Gasteiger partial charge in [0, 0.05) is 0 Å². The summed E-state index contributed by atoms with van der Waals surface area (Å²) >= 11 is -3.86. The number of benzene rings is 6. The third kappa shape index (κ3) is 3.17. The van der Waals surface area contributed by atoms with E-state index in [0.717, 1.165) is 12.8 Å². The van der Waals surface area contributed by atoms with Crippen LogP contribution in [-0.2, 0) is 8.49 Å². The quantitative estimate of drug-likeness (QED) is 0.165. The third-order valence-electron chi connectivity index (χ3n) is 10.9. The van der Waals surface area contributed by atoms with E-state index in [1.165, 1.54) is 44.5 Å². The monoisotopic (exact) mass is 614 g/mol. The molecule has 0 bridgehead atoms. The molecule has 2 aliphatic carbocycles. The standard InChI is InChI=1S/C42H36Ge/c1-3-41(37-27-15-11-23-33(37)34-24-12-16-28-38(34)41)43(31-19-7-5-8-20-31,32-21-9-6-10-22-32)42(4-2)39-29-17-13-25-35(39)36-26-14-18-30-40(36)42/h5-30H,3-4H2,1-2H3. The van der Waals surface area contributed by atoms with Crippen LogP contribution in [0.4, 0.5) is 0 Å². The van der Waals surface area contributed by atoms with Crippen molar-refractivity contribution in [3.05, 3.63) is 180 Å². The van der Waals surface area contributed by atoms with Gasteiger partial charge in [-0.3, -0.25) is 0 Å². The van der Waals surface area contributed by atoms with Crippen LogP contribution < -0.4 is 8.79 Å². The first-order valence-electron chi connectivity index (χ1n) is 15.8. The predicted molar refractivity (Wildman–Crippen MR) is 184 cm³/mol. The molecule has 0 atom stereocenters. The second-order valence-electron chi connectivity index (χ2n) is 12.2. The number of rotatable bonds is 6. The Labute approximate surface area is 258 Å². The second kappa shape index (κ2) is 9.96. The van der Waals surface area contributed by atoms with E-state index < -0.39 is 13.3 Å². The van der Waals surface area contributed by atoms with E-state index in [0.29, 0.717) is 0 Å². The molecule has 0 aromatic heterocycles. The first-order valence-corrected chi connectivity index (χ1v) is 19.9. The molecule has 208 valence electrons. The van der Waals surface area contributed by atoms with Crippen LogP contribution in [-0.4, -0.2) is 13.3 Å². The Kier molecular flexibility index (Phi) is 6.14. The minimum absolute atomic E-state index is 0.170. The first-order chi connectivity index (χ1) is 21.3. The fourth-order valence-corrected chi connectivity index (χ4v) is 26.4. The van der Waals surface area contributed by atoms with Gasteiger partial charge in [-0.2, -0.15) is 0 Å². The third-order valence-corrected chi connectivity index (χ3v) is 25.0. The van der Waals surface area contributed by atoms with Gasteiger partial charge in [-0.25, -0.2) is 0 Å². The van der Waals surface area contributed by atoms with Gasteiger partial charge in [-0.15, -0.1) is 0 Å². The van der Waals surface area contributed by atoms with Crippen molar-refractivity contribution in [2.45, 2.75) is 35.2 Å². The predicted octanol–water partition coefficient (Wildman–Crippen LogP) is 9.08. The van der Waals surface area contributed by atoms with E-state index in [9.17, 15) is 0 Å². The normalized spacial score (nSPS) is 15.3. The van der Waals surface area contributed by atoms with Crippen LogP contribution in [0.1, 0.15) is 48.9 Å². The summed E-state index contributed by atoms with van der Waals surface area (Å²) in [5.74, 6) is 0. The van der Waals surface area contributed by atoms with Crippen molar-refractivity contribution < 1.29 is 0 Å². The van der Waals surface area contributed by atoms with Crippen molar-refractivity contribution in [2.24, 2.45) is 0 Å². The minimum atomic E-state index is -3.86. The Morgan fingerprint density at radius 2 is 0.605 bits per heavy atom. The molecular formula is C42H36Ge. The van der Waals surface area contributed by atoms with Gasteiger partial charge in [0.1, 0.15) is 0 Å². The van der Waals surface area contributed by atoms with E-state index in [-0.39, 0.29) is 8.49 Å². The molecule has 0 spiro atoms. The van der Waals surface area contributed by atoms with E-state index in [4.69, 9.17) is 0 Å². The summed E-state index contributed by atoms with van der Waals surface area (Å²) in [6, 6.07) is 61.0. The number of fused-ring (bicyclic) bond motifs is 6. The molecule has 0 saturated carbocycles. The van der Waals surface area contributed by atoms with E-state index in [1.54, 1.807) is 8.79 Å². The van der Waals surface area contributed by atoms with Crippen LogP contribution in [0.5, 0.6) is 0 Å².